The zero-order valence-corrected chi connectivity index (χ0v) is 10.6. The van der Waals surface area contributed by atoms with E-state index >= 15 is 0 Å². The highest BCUT2D eigenvalue weighted by Gasteiger charge is 2.52. The molecule has 90 valence electrons. The van der Waals surface area contributed by atoms with Crippen LogP contribution >= 0.6 is 0 Å². The van der Waals surface area contributed by atoms with Gasteiger partial charge in [-0.05, 0) is 52.4 Å². The highest BCUT2D eigenvalue weighted by atomic mass is 16.7. The van der Waals surface area contributed by atoms with Crippen molar-refractivity contribution >= 4 is 7.12 Å². The van der Waals surface area contributed by atoms with E-state index in [9.17, 15) is 5.11 Å². The van der Waals surface area contributed by atoms with Gasteiger partial charge in [0.05, 0.1) is 17.3 Å². The van der Waals surface area contributed by atoms with Gasteiger partial charge in [-0.25, -0.2) is 0 Å². The minimum absolute atomic E-state index is 0.189. The van der Waals surface area contributed by atoms with E-state index in [-0.39, 0.29) is 24.4 Å². The molecule has 1 aliphatic carbocycles. The fourth-order valence-corrected chi connectivity index (χ4v) is 2.05. The number of hydrogen-bond acceptors (Lipinski definition) is 3. The minimum atomic E-state index is -0.269. The zero-order chi connectivity index (χ0) is 12.0. The van der Waals surface area contributed by atoms with E-state index in [4.69, 9.17) is 9.31 Å². The Morgan fingerprint density at radius 2 is 1.81 bits per heavy atom. The second-order valence-corrected chi connectivity index (χ2v) is 5.80. The largest absolute Gasteiger partial charge is 0.490 e. The molecule has 1 saturated heterocycles. The molecule has 0 aromatic carbocycles. The van der Waals surface area contributed by atoms with Gasteiger partial charge in [-0.1, -0.05) is 6.08 Å². The standard InChI is InChI=1S/C12H21BO3/c1-11(2)12(3,4)16-13(15-11)9-5-7-10(14)8-6-9/h5,10,14H,6-8H2,1-4H3/t10-/m1/s1. The highest BCUT2D eigenvalue weighted by molar-refractivity contribution is 6.54. The van der Waals surface area contributed by atoms with Crippen LogP contribution in [0.3, 0.4) is 0 Å². The molecule has 3 nitrogen and oxygen atoms in total. The van der Waals surface area contributed by atoms with Crippen LogP contribution in [0.5, 0.6) is 0 Å². The Morgan fingerprint density at radius 3 is 2.25 bits per heavy atom. The molecule has 4 heteroatoms. The summed E-state index contributed by atoms with van der Waals surface area (Å²) in [6.45, 7) is 8.24. The molecule has 2 aliphatic rings. The summed E-state index contributed by atoms with van der Waals surface area (Å²) < 4.78 is 11.9. The first kappa shape index (κ1) is 12.2. The number of hydrogen-bond donors (Lipinski definition) is 1. The van der Waals surface area contributed by atoms with Crippen LogP contribution in [0.15, 0.2) is 11.5 Å². The SMILES string of the molecule is CC1(C)OB(C2=CC[C@@H](O)CC2)OC1(C)C. The predicted molar refractivity (Wildman–Crippen MR) is 64.0 cm³/mol. The molecular weight excluding hydrogens is 203 g/mol. The van der Waals surface area contributed by atoms with Gasteiger partial charge in [0.1, 0.15) is 0 Å². The topological polar surface area (TPSA) is 38.7 Å². The summed E-state index contributed by atoms with van der Waals surface area (Å²) in [5.74, 6) is 0. The van der Waals surface area contributed by atoms with Gasteiger partial charge < -0.3 is 14.4 Å². The van der Waals surface area contributed by atoms with Crippen molar-refractivity contribution in [1.29, 1.82) is 0 Å². The third-order valence-electron chi connectivity index (χ3n) is 3.97. The molecule has 1 atom stereocenters. The van der Waals surface area contributed by atoms with E-state index in [0.717, 1.165) is 19.3 Å². The van der Waals surface area contributed by atoms with E-state index in [1.165, 1.54) is 5.47 Å². The van der Waals surface area contributed by atoms with Gasteiger partial charge in [-0.2, -0.15) is 0 Å². The zero-order valence-electron chi connectivity index (χ0n) is 10.6. The van der Waals surface area contributed by atoms with Crippen LogP contribution in [0.25, 0.3) is 0 Å². The van der Waals surface area contributed by atoms with Gasteiger partial charge in [-0.15, -0.1) is 0 Å². The van der Waals surface area contributed by atoms with E-state index in [0.29, 0.717) is 0 Å². The number of allylic oxidation sites excluding steroid dienone is 1. The summed E-state index contributed by atoms with van der Waals surface area (Å²) in [7, 11) is -0.225. The summed E-state index contributed by atoms with van der Waals surface area (Å²) in [6, 6.07) is 0. The van der Waals surface area contributed by atoms with Crippen molar-refractivity contribution in [2.75, 3.05) is 0 Å². The average Bonchev–Trinajstić information content (AvgIpc) is 2.37. The van der Waals surface area contributed by atoms with Crippen molar-refractivity contribution in [3.05, 3.63) is 11.5 Å². The lowest BCUT2D eigenvalue weighted by molar-refractivity contribution is 0.00578. The Bertz CT molecular complexity index is 293. The predicted octanol–water partition coefficient (Wildman–Crippen LogP) is 2.09. The van der Waals surface area contributed by atoms with E-state index < -0.39 is 0 Å². The Kier molecular flexibility index (Phi) is 2.93. The molecule has 0 saturated carbocycles. The first-order chi connectivity index (χ1) is 7.32. The molecule has 2 rings (SSSR count). The number of rotatable bonds is 1. The van der Waals surface area contributed by atoms with Crippen LogP contribution in [0.2, 0.25) is 0 Å². The van der Waals surface area contributed by atoms with Crippen LogP contribution in [0, 0.1) is 0 Å². The number of aliphatic hydroxyl groups excluding tert-OH is 1. The molecule has 1 heterocycles. The van der Waals surface area contributed by atoms with Crippen molar-refractivity contribution in [2.24, 2.45) is 0 Å². The smallest absolute Gasteiger partial charge is 0.400 e. The molecular formula is C12H21BO3. The van der Waals surface area contributed by atoms with Crippen LogP contribution in [0.1, 0.15) is 47.0 Å². The van der Waals surface area contributed by atoms with Crippen molar-refractivity contribution in [3.63, 3.8) is 0 Å². The quantitative estimate of drug-likeness (QED) is 0.693. The first-order valence-corrected chi connectivity index (χ1v) is 6.04. The summed E-state index contributed by atoms with van der Waals surface area (Å²) in [5.41, 5.74) is 0.646. The average molecular weight is 224 g/mol. The Morgan fingerprint density at radius 1 is 1.25 bits per heavy atom. The first-order valence-electron chi connectivity index (χ1n) is 6.04. The van der Waals surface area contributed by atoms with Crippen molar-refractivity contribution in [2.45, 2.75) is 64.3 Å². The van der Waals surface area contributed by atoms with Crippen LogP contribution < -0.4 is 0 Å². The fraction of sp³-hybridized carbons (Fsp3) is 0.833. The highest BCUT2D eigenvalue weighted by Crippen LogP contribution is 2.40. The van der Waals surface area contributed by atoms with Crippen molar-refractivity contribution in [1.82, 2.24) is 0 Å². The van der Waals surface area contributed by atoms with Crippen LogP contribution in [0.4, 0.5) is 0 Å². The Labute approximate surface area is 98.0 Å². The molecule has 1 N–H and O–H groups in total. The molecule has 0 unspecified atom stereocenters. The van der Waals surface area contributed by atoms with Gasteiger partial charge >= 0.3 is 7.12 Å². The molecule has 0 radical (unpaired) electrons. The summed E-state index contributed by atoms with van der Waals surface area (Å²) in [5, 5.41) is 9.45. The molecule has 1 fully saturated rings. The van der Waals surface area contributed by atoms with E-state index in [1.54, 1.807) is 0 Å². The Balaban J connectivity index is 2.09. The van der Waals surface area contributed by atoms with Crippen molar-refractivity contribution < 1.29 is 14.4 Å². The van der Waals surface area contributed by atoms with Crippen LogP contribution in [-0.4, -0.2) is 29.5 Å². The normalized spacial score (nSPS) is 32.7. The molecule has 0 amide bonds. The molecule has 0 bridgehead atoms. The van der Waals surface area contributed by atoms with E-state index in [2.05, 4.69) is 33.8 Å². The molecule has 0 aromatic heterocycles. The molecule has 0 spiro atoms. The summed E-state index contributed by atoms with van der Waals surface area (Å²) in [4.78, 5) is 0. The van der Waals surface area contributed by atoms with E-state index in [1.807, 2.05) is 0 Å². The molecule has 16 heavy (non-hydrogen) atoms. The second-order valence-electron chi connectivity index (χ2n) is 5.80. The van der Waals surface area contributed by atoms with Gasteiger partial charge in [0.25, 0.3) is 0 Å². The fourth-order valence-electron chi connectivity index (χ4n) is 2.05. The maximum Gasteiger partial charge on any atom is 0.490 e. The lowest BCUT2D eigenvalue weighted by Crippen LogP contribution is -2.41. The minimum Gasteiger partial charge on any atom is -0.400 e. The summed E-state index contributed by atoms with van der Waals surface area (Å²) >= 11 is 0. The lowest BCUT2D eigenvalue weighted by atomic mass is 9.72. The third-order valence-corrected chi connectivity index (χ3v) is 3.97. The van der Waals surface area contributed by atoms with Gasteiger partial charge in [0.2, 0.25) is 0 Å². The monoisotopic (exact) mass is 224 g/mol. The maximum atomic E-state index is 9.45. The lowest BCUT2D eigenvalue weighted by Gasteiger charge is -2.32. The summed E-state index contributed by atoms with van der Waals surface area (Å²) in [6.07, 6.45) is 4.29. The van der Waals surface area contributed by atoms with Gasteiger partial charge in [0.15, 0.2) is 0 Å². The maximum absolute atomic E-state index is 9.45. The molecule has 1 aliphatic heterocycles. The van der Waals surface area contributed by atoms with Crippen LogP contribution in [-0.2, 0) is 9.31 Å². The van der Waals surface area contributed by atoms with Gasteiger partial charge in [0, 0.05) is 0 Å². The van der Waals surface area contributed by atoms with Crippen molar-refractivity contribution in [3.8, 4) is 0 Å². The number of aliphatic hydroxyl groups is 1. The Hall–Kier alpha value is -0.315. The second kappa shape index (κ2) is 3.86. The third kappa shape index (κ3) is 2.06. The molecule has 0 aromatic rings. The van der Waals surface area contributed by atoms with Gasteiger partial charge in [-0.3, -0.25) is 0 Å².